The van der Waals surface area contributed by atoms with Gasteiger partial charge < -0.3 is 9.84 Å². The molecule has 0 aliphatic carbocycles. The highest BCUT2D eigenvalue weighted by atomic mass is 16.6. The number of aliphatic hydroxyl groups excluding tert-OH is 1. The van der Waals surface area contributed by atoms with Crippen LogP contribution in [0.5, 0.6) is 0 Å². The van der Waals surface area contributed by atoms with Gasteiger partial charge in [0.15, 0.2) is 0 Å². The van der Waals surface area contributed by atoms with Gasteiger partial charge in [-0.3, -0.25) is 9.69 Å². The van der Waals surface area contributed by atoms with Gasteiger partial charge in [0, 0.05) is 6.54 Å². The highest BCUT2D eigenvalue weighted by molar-refractivity contribution is 5.76. The van der Waals surface area contributed by atoms with Gasteiger partial charge in [-0.25, -0.2) is 0 Å². The lowest BCUT2D eigenvalue weighted by Gasteiger charge is -2.28. The Labute approximate surface area is 116 Å². The summed E-state index contributed by atoms with van der Waals surface area (Å²) in [5.41, 5.74) is -0.452. The maximum absolute atomic E-state index is 12.1. The van der Waals surface area contributed by atoms with E-state index in [4.69, 9.17) is 4.74 Å². The van der Waals surface area contributed by atoms with Gasteiger partial charge in [0.2, 0.25) is 0 Å². The minimum absolute atomic E-state index is 0.166. The summed E-state index contributed by atoms with van der Waals surface area (Å²) in [6.07, 6.45) is 4.70. The van der Waals surface area contributed by atoms with Crippen LogP contribution in [0, 0.1) is 0 Å². The van der Waals surface area contributed by atoms with Crippen molar-refractivity contribution in [3.63, 3.8) is 0 Å². The molecule has 4 nitrogen and oxygen atoms in total. The summed E-state index contributed by atoms with van der Waals surface area (Å²) in [6.45, 7) is 10.7. The van der Waals surface area contributed by atoms with Gasteiger partial charge in [0.05, 0.1) is 6.10 Å². The standard InChI is InChI=1S/C15H27NO3/c1-5-6-8-12(17)11-16-10-7-9-13(16)14(18)19-15(2,3)4/h5,12-13,17H,1,6-11H2,2-4H3/t12?,13-/m0/s1. The van der Waals surface area contributed by atoms with Gasteiger partial charge in [-0.1, -0.05) is 6.08 Å². The molecular formula is C15H27NO3. The second-order valence-electron chi connectivity index (χ2n) is 6.21. The number of nitrogens with zero attached hydrogens (tertiary/aromatic N) is 1. The van der Waals surface area contributed by atoms with Crippen LogP contribution in [0.1, 0.15) is 46.5 Å². The van der Waals surface area contributed by atoms with Crippen LogP contribution in [0.25, 0.3) is 0 Å². The number of esters is 1. The van der Waals surface area contributed by atoms with Crippen LogP contribution in [-0.4, -0.2) is 46.8 Å². The number of allylic oxidation sites excluding steroid dienone is 1. The minimum Gasteiger partial charge on any atom is -0.459 e. The molecule has 4 heteroatoms. The third-order valence-corrected chi connectivity index (χ3v) is 3.19. The van der Waals surface area contributed by atoms with E-state index in [9.17, 15) is 9.90 Å². The molecule has 1 aliphatic rings. The summed E-state index contributed by atoms with van der Waals surface area (Å²) < 4.78 is 5.44. The number of hydrogen-bond acceptors (Lipinski definition) is 4. The van der Waals surface area contributed by atoms with E-state index in [0.717, 1.165) is 25.8 Å². The number of β-amino-alcohol motifs (C(OH)–C–C–N with tert-alkyl or cyclic N) is 1. The van der Waals surface area contributed by atoms with Crippen molar-refractivity contribution in [2.75, 3.05) is 13.1 Å². The molecule has 0 aromatic rings. The fourth-order valence-electron chi connectivity index (χ4n) is 2.35. The molecule has 1 rings (SSSR count). The molecule has 1 fully saturated rings. The predicted molar refractivity (Wildman–Crippen MR) is 75.9 cm³/mol. The van der Waals surface area contributed by atoms with Crippen molar-refractivity contribution >= 4 is 5.97 Å². The molecule has 19 heavy (non-hydrogen) atoms. The first-order chi connectivity index (χ1) is 8.83. The van der Waals surface area contributed by atoms with Crippen molar-refractivity contribution in [3.8, 4) is 0 Å². The van der Waals surface area contributed by atoms with Crippen molar-refractivity contribution in [2.24, 2.45) is 0 Å². The van der Waals surface area contributed by atoms with Gasteiger partial charge >= 0.3 is 5.97 Å². The first-order valence-electron chi connectivity index (χ1n) is 7.09. The van der Waals surface area contributed by atoms with Crippen molar-refractivity contribution in [1.29, 1.82) is 0 Å². The average molecular weight is 269 g/mol. The maximum Gasteiger partial charge on any atom is 0.323 e. The molecule has 1 unspecified atom stereocenters. The Hall–Kier alpha value is -0.870. The van der Waals surface area contributed by atoms with Crippen LogP contribution in [-0.2, 0) is 9.53 Å². The lowest BCUT2D eigenvalue weighted by Crippen LogP contribution is -2.43. The van der Waals surface area contributed by atoms with Crippen molar-refractivity contribution in [2.45, 2.75) is 64.2 Å². The minimum atomic E-state index is -0.452. The van der Waals surface area contributed by atoms with Crippen molar-refractivity contribution < 1.29 is 14.6 Å². The van der Waals surface area contributed by atoms with E-state index < -0.39 is 11.7 Å². The highest BCUT2D eigenvalue weighted by Crippen LogP contribution is 2.21. The van der Waals surface area contributed by atoms with E-state index in [1.807, 2.05) is 25.7 Å². The van der Waals surface area contributed by atoms with E-state index in [1.165, 1.54) is 0 Å². The second kappa shape index (κ2) is 7.06. The summed E-state index contributed by atoms with van der Waals surface area (Å²) in [5.74, 6) is -0.166. The molecule has 0 aromatic carbocycles. The zero-order valence-electron chi connectivity index (χ0n) is 12.4. The molecule has 0 spiro atoms. The topological polar surface area (TPSA) is 49.8 Å². The molecular weight excluding hydrogens is 242 g/mol. The summed E-state index contributed by atoms with van der Waals surface area (Å²) in [7, 11) is 0. The van der Waals surface area contributed by atoms with Gasteiger partial charge in [-0.15, -0.1) is 6.58 Å². The molecule has 0 radical (unpaired) electrons. The molecule has 0 saturated carbocycles. The molecule has 110 valence electrons. The Bertz CT molecular complexity index is 309. The van der Waals surface area contributed by atoms with Gasteiger partial charge in [-0.2, -0.15) is 0 Å². The van der Waals surface area contributed by atoms with Gasteiger partial charge in [-0.05, 0) is 53.0 Å². The van der Waals surface area contributed by atoms with Crippen LogP contribution in [0.3, 0.4) is 0 Å². The summed E-state index contributed by atoms with van der Waals surface area (Å²) in [4.78, 5) is 14.1. The van der Waals surface area contributed by atoms with E-state index in [0.29, 0.717) is 13.0 Å². The Morgan fingerprint density at radius 2 is 2.26 bits per heavy atom. The highest BCUT2D eigenvalue weighted by Gasteiger charge is 2.34. The number of hydrogen-bond donors (Lipinski definition) is 1. The van der Waals surface area contributed by atoms with Crippen molar-refractivity contribution in [3.05, 3.63) is 12.7 Å². The maximum atomic E-state index is 12.1. The van der Waals surface area contributed by atoms with E-state index in [1.54, 1.807) is 6.08 Å². The van der Waals surface area contributed by atoms with Crippen LogP contribution < -0.4 is 0 Å². The van der Waals surface area contributed by atoms with Crippen LogP contribution in [0.4, 0.5) is 0 Å². The Balaban J connectivity index is 2.49. The number of rotatable bonds is 6. The zero-order valence-corrected chi connectivity index (χ0v) is 12.4. The smallest absolute Gasteiger partial charge is 0.323 e. The first kappa shape index (κ1) is 16.2. The Morgan fingerprint density at radius 1 is 1.58 bits per heavy atom. The molecule has 0 aromatic heterocycles. The number of ether oxygens (including phenoxy) is 1. The summed E-state index contributed by atoms with van der Waals surface area (Å²) in [6, 6.07) is -0.197. The monoisotopic (exact) mass is 269 g/mol. The van der Waals surface area contributed by atoms with E-state index >= 15 is 0 Å². The normalized spacial score (nSPS) is 22.2. The number of aliphatic hydroxyl groups is 1. The Kier molecular flexibility index (Phi) is 6.01. The van der Waals surface area contributed by atoms with E-state index in [-0.39, 0.29) is 12.0 Å². The van der Waals surface area contributed by atoms with Crippen molar-refractivity contribution in [1.82, 2.24) is 4.90 Å². The van der Waals surface area contributed by atoms with Crippen LogP contribution >= 0.6 is 0 Å². The third kappa shape index (κ3) is 5.74. The molecule has 1 saturated heterocycles. The number of carbonyl (C=O) groups is 1. The van der Waals surface area contributed by atoms with E-state index in [2.05, 4.69) is 6.58 Å². The lowest BCUT2D eigenvalue weighted by molar-refractivity contribution is -0.160. The SMILES string of the molecule is C=CCCC(O)CN1CCC[C@H]1C(=O)OC(C)(C)C. The van der Waals surface area contributed by atoms with Gasteiger partial charge in [0.1, 0.15) is 11.6 Å². The number of likely N-dealkylation sites (tertiary alicyclic amines) is 1. The molecule has 1 aliphatic heterocycles. The predicted octanol–water partition coefficient (Wildman–Crippen LogP) is 2.12. The molecule has 1 N–H and O–H groups in total. The second-order valence-corrected chi connectivity index (χ2v) is 6.21. The molecule has 0 bridgehead atoms. The van der Waals surface area contributed by atoms with Gasteiger partial charge in [0.25, 0.3) is 0 Å². The summed E-state index contributed by atoms with van der Waals surface area (Å²) in [5, 5.41) is 9.93. The van der Waals surface area contributed by atoms with Crippen LogP contribution in [0.15, 0.2) is 12.7 Å². The summed E-state index contributed by atoms with van der Waals surface area (Å²) >= 11 is 0. The zero-order chi connectivity index (χ0) is 14.5. The quantitative estimate of drug-likeness (QED) is 0.593. The third-order valence-electron chi connectivity index (χ3n) is 3.19. The fourth-order valence-corrected chi connectivity index (χ4v) is 2.35. The molecule has 2 atom stereocenters. The number of carbonyl (C=O) groups excluding carboxylic acids is 1. The first-order valence-corrected chi connectivity index (χ1v) is 7.09. The largest absolute Gasteiger partial charge is 0.459 e. The fraction of sp³-hybridized carbons (Fsp3) is 0.800. The lowest BCUT2D eigenvalue weighted by atomic mass is 10.1. The Morgan fingerprint density at radius 3 is 2.84 bits per heavy atom. The average Bonchev–Trinajstić information content (AvgIpc) is 2.72. The van der Waals surface area contributed by atoms with Crippen LogP contribution in [0.2, 0.25) is 0 Å². The molecule has 0 amide bonds. The molecule has 1 heterocycles.